The molecule has 1 heterocycles. The van der Waals surface area contributed by atoms with Gasteiger partial charge in [-0.05, 0) is 30.3 Å². The van der Waals surface area contributed by atoms with Crippen molar-refractivity contribution in [3.8, 4) is 5.75 Å². The molecule has 0 saturated carbocycles. The maximum atomic E-state index is 13.4. The zero-order chi connectivity index (χ0) is 21.0. The van der Waals surface area contributed by atoms with E-state index in [0.29, 0.717) is 0 Å². The molecular formula is C18H12FN3O7. The maximum Gasteiger partial charge on any atom is 0.310 e. The highest BCUT2D eigenvalue weighted by molar-refractivity contribution is 6.02. The highest BCUT2D eigenvalue weighted by atomic mass is 19.1. The lowest BCUT2D eigenvalue weighted by atomic mass is 10.2. The molecule has 148 valence electrons. The number of carbonyl (C=O) groups excluding carboxylic acids is 1. The summed E-state index contributed by atoms with van der Waals surface area (Å²) in [6, 6.07) is 11.5. The summed E-state index contributed by atoms with van der Waals surface area (Å²) >= 11 is 0. The molecule has 0 radical (unpaired) electrons. The van der Waals surface area contributed by atoms with Crippen LogP contribution < -0.4 is 10.1 Å². The number of nitrogens with zero attached hydrogens (tertiary/aromatic N) is 2. The SMILES string of the molecule is O=C(Nc1ccc(F)c([N+](=O)[O-])c1)c1ccc(COc2ccccc2[N+](=O)[O-])o1. The van der Waals surface area contributed by atoms with E-state index >= 15 is 0 Å². The molecule has 10 nitrogen and oxygen atoms in total. The minimum absolute atomic E-state index is 0.0113. The Bertz CT molecular complexity index is 1100. The first kappa shape index (κ1) is 19.5. The number of furan rings is 1. The predicted molar refractivity (Wildman–Crippen MR) is 97.1 cm³/mol. The number of para-hydroxylation sites is 2. The van der Waals surface area contributed by atoms with Gasteiger partial charge in [-0.25, -0.2) is 0 Å². The topological polar surface area (TPSA) is 138 Å². The highest BCUT2D eigenvalue weighted by Crippen LogP contribution is 2.27. The molecule has 0 fully saturated rings. The van der Waals surface area contributed by atoms with Crippen LogP contribution in [0.25, 0.3) is 0 Å². The van der Waals surface area contributed by atoms with Gasteiger partial charge in [0.2, 0.25) is 5.82 Å². The molecule has 29 heavy (non-hydrogen) atoms. The van der Waals surface area contributed by atoms with Gasteiger partial charge >= 0.3 is 11.4 Å². The lowest BCUT2D eigenvalue weighted by molar-refractivity contribution is -0.387. The molecule has 0 unspecified atom stereocenters. The van der Waals surface area contributed by atoms with Crippen LogP contribution in [0.4, 0.5) is 21.5 Å². The normalized spacial score (nSPS) is 10.4. The Morgan fingerprint density at radius 2 is 1.76 bits per heavy atom. The maximum absolute atomic E-state index is 13.4. The Morgan fingerprint density at radius 3 is 2.48 bits per heavy atom. The first-order chi connectivity index (χ1) is 13.8. The molecule has 1 N–H and O–H groups in total. The Labute approximate surface area is 161 Å². The van der Waals surface area contributed by atoms with E-state index in [0.717, 1.165) is 12.1 Å². The molecule has 11 heteroatoms. The van der Waals surface area contributed by atoms with Gasteiger partial charge in [0.15, 0.2) is 11.5 Å². The van der Waals surface area contributed by atoms with E-state index in [1.54, 1.807) is 6.07 Å². The Balaban J connectivity index is 1.67. The number of nitro benzene ring substituents is 2. The molecule has 3 aromatic rings. The van der Waals surface area contributed by atoms with Gasteiger partial charge in [0, 0.05) is 17.8 Å². The van der Waals surface area contributed by atoms with E-state index in [4.69, 9.17) is 9.15 Å². The van der Waals surface area contributed by atoms with Gasteiger partial charge in [-0.1, -0.05) is 12.1 Å². The van der Waals surface area contributed by atoms with Crippen LogP contribution >= 0.6 is 0 Å². The van der Waals surface area contributed by atoms with E-state index in [1.165, 1.54) is 36.4 Å². The summed E-state index contributed by atoms with van der Waals surface area (Å²) in [5.41, 5.74) is -0.979. The van der Waals surface area contributed by atoms with Crippen molar-refractivity contribution in [1.29, 1.82) is 0 Å². The number of carbonyl (C=O) groups is 1. The molecule has 0 aliphatic carbocycles. The van der Waals surface area contributed by atoms with Crippen LogP contribution in [-0.4, -0.2) is 15.8 Å². The molecule has 0 bridgehead atoms. The van der Waals surface area contributed by atoms with Crippen molar-refractivity contribution < 1.29 is 28.2 Å². The molecule has 0 aliphatic heterocycles. The van der Waals surface area contributed by atoms with Gasteiger partial charge in [0.1, 0.15) is 12.4 Å². The summed E-state index contributed by atoms with van der Waals surface area (Å²) in [4.78, 5) is 32.5. The highest BCUT2D eigenvalue weighted by Gasteiger charge is 2.18. The number of nitrogens with one attached hydrogen (secondary N) is 1. The fraction of sp³-hybridized carbons (Fsp3) is 0.0556. The fourth-order valence-electron chi connectivity index (χ4n) is 2.38. The van der Waals surface area contributed by atoms with Crippen molar-refractivity contribution >= 4 is 23.0 Å². The molecule has 0 atom stereocenters. The van der Waals surface area contributed by atoms with Gasteiger partial charge in [-0.15, -0.1) is 0 Å². The van der Waals surface area contributed by atoms with Gasteiger partial charge in [-0.2, -0.15) is 4.39 Å². The van der Waals surface area contributed by atoms with Crippen molar-refractivity contribution in [3.05, 3.63) is 92.2 Å². The molecule has 0 spiro atoms. The third-order valence-corrected chi connectivity index (χ3v) is 3.72. The average molecular weight is 401 g/mol. The number of nitro groups is 2. The first-order valence-electron chi connectivity index (χ1n) is 8.05. The van der Waals surface area contributed by atoms with Crippen LogP contribution in [0.15, 0.2) is 59.0 Å². The third kappa shape index (κ3) is 4.53. The number of hydrogen-bond donors (Lipinski definition) is 1. The van der Waals surface area contributed by atoms with Crippen LogP contribution in [-0.2, 0) is 6.61 Å². The van der Waals surface area contributed by atoms with Gasteiger partial charge in [-0.3, -0.25) is 25.0 Å². The van der Waals surface area contributed by atoms with Crippen molar-refractivity contribution in [2.45, 2.75) is 6.61 Å². The Kier molecular flexibility index (Phi) is 5.49. The number of benzene rings is 2. The lowest BCUT2D eigenvalue weighted by Gasteiger charge is -2.05. The number of halogens is 1. The number of hydrogen-bond acceptors (Lipinski definition) is 7. The van der Waals surface area contributed by atoms with E-state index in [9.17, 15) is 29.4 Å². The van der Waals surface area contributed by atoms with Crippen LogP contribution in [0.1, 0.15) is 16.3 Å². The average Bonchev–Trinajstić information content (AvgIpc) is 3.17. The second-order valence-electron chi connectivity index (χ2n) is 5.66. The monoisotopic (exact) mass is 401 g/mol. The first-order valence-corrected chi connectivity index (χ1v) is 8.05. The van der Waals surface area contributed by atoms with Crippen LogP contribution in [0.3, 0.4) is 0 Å². The number of rotatable bonds is 7. The van der Waals surface area contributed by atoms with Gasteiger partial charge in [0.25, 0.3) is 5.91 Å². The fourth-order valence-corrected chi connectivity index (χ4v) is 2.38. The van der Waals surface area contributed by atoms with Gasteiger partial charge in [0.05, 0.1) is 9.85 Å². The lowest BCUT2D eigenvalue weighted by Crippen LogP contribution is -2.11. The summed E-state index contributed by atoms with van der Waals surface area (Å²) in [7, 11) is 0. The van der Waals surface area contributed by atoms with Crippen molar-refractivity contribution in [2.24, 2.45) is 0 Å². The largest absolute Gasteiger partial charge is 0.479 e. The number of ether oxygens (including phenoxy) is 1. The minimum atomic E-state index is -1.03. The van der Waals surface area contributed by atoms with E-state index in [-0.39, 0.29) is 35.3 Å². The smallest absolute Gasteiger partial charge is 0.310 e. The molecule has 2 aromatic carbocycles. The summed E-state index contributed by atoms with van der Waals surface area (Å²) in [5, 5.41) is 24.1. The molecule has 1 aromatic heterocycles. The quantitative estimate of drug-likeness (QED) is 0.465. The number of amides is 1. The zero-order valence-electron chi connectivity index (χ0n) is 14.5. The van der Waals surface area contributed by atoms with E-state index in [2.05, 4.69) is 5.32 Å². The van der Waals surface area contributed by atoms with Crippen LogP contribution in [0.5, 0.6) is 5.75 Å². The molecule has 3 rings (SSSR count). The second kappa shape index (κ2) is 8.17. The zero-order valence-corrected chi connectivity index (χ0v) is 14.5. The summed E-state index contributed by atoms with van der Waals surface area (Å²) in [5.74, 6) is -1.61. The summed E-state index contributed by atoms with van der Waals surface area (Å²) < 4.78 is 24.1. The second-order valence-corrected chi connectivity index (χ2v) is 5.66. The minimum Gasteiger partial charge on any atom is -0.479 e. The predicted octanol–water partition coefficient (Wildman–Crippen LogP) is 4.07. The Morgan fingerprint density at radius 1 is 1.03 bits per heavy atom. The molecule has 1 amide bonds. The van der Waals surface area contributed by atoms with E-state index in [1.807, 2.05) is 0 Å². The van der Waals surface area contributed by atoms with Crippen LogP contribution in [0.2, 0.25) is 0 Å². The van der Waals surface area contributed by atoms with Crippen LogP contribution in [0, 0.1) is 26.0 Å². The molecule has 0 aliphatic rings. The molecule has 0 saturated heterocycles. The molecular weight excluding hydrogens is 389 g/mol. The number of anilines is 1. The summed E-state index contributed by atoms with van der Waals surface area (Å²) in [6.07, 6.45) is 0. The van der Waals surface area contributed by atoms with Crippen molar-refractivity contribution in [3.63, 3.8) is 0 Å². The Hall–Kier alpha value is -4.28. The van der Waals surface area contributed by atoms with Crippen molar-refractivity contribution in [1.82, 2.24) is 0 Å². The van der Waals surface area contributed by atoms with E-state index < -0.39 is 27.3 Å². The third-order valence-electron chi connectivity index (χ3n) is 3.72. The van der Waals surface area contributed by atoms with Crippen molar-refractivity contribution in [2.75, 3.05) is 5.32 Å². The summed E-state index contributed by atoms with van der Waals surface area (Å²) in [6.45, 7) is -0.167. The van der Waals surface area contributed by atoms with Gasteiger partial charge < -0.3 is 14.5 Å². The standard InChI is InChI=1S/C18H12FN3O7/c19-13-7-5-11(9-15(13)22(26)27)20-18(23)17-8-6-12(29-17)10-28-16-4-2-1-3-14(16)21(24)25/h1-9H,10H2,(H,20,23).